The van der Waals surface area contributed by atoms with Crippen LogP contribution in [0.2, 0.25) is 0 Å². The van der Waals surface area contributed by atoms with E-state index in [1.807, 2.05) is 0 Å². The van der Waals surface area contributed by atoms with E-state index in [4.69, 9.17) is 10.8 Å². The first-order chi connectivity index (χ1) is 5.79. The maximum absolute atomic E-state index is 6.76. The molecule has 64 valence electrons. The van der Waals surface area contributed by atoms with E-state index in [9.17, 15) is 0 Å². The van der Waals surface area contributed by atoms with Crippen molar-refractivity contribution in [3.63, 3.8) is 0 Å². The van der Waals surface area contributed by atoms with Gasteiger partial charge in [-0.25, -0.2) is 9.98 Å². The summed E-state index contributed by atoms with van der Waals surface area (Å²) >= 11 is 0. The summed E-state index contributed by atoms with van der Waals surface area (Å²) in [6.45, 7) is 0. The van der Waals surface area contributed by atoms with Crippen LogP contribution in [0.15, 0.2) is 34.3 Å². The van der Waals surface area contributed by atoms with Crippen LogP contribution in [0.5, 0.6) is 0 Å². The number of hydrogen-bond acceptors (Lipinski definition) is 2. The third-order valence-corrected chi connectivity index (χ3v) is 1.11. The van der Waals surface area contributed by atoms with E-state index in [0.29, 0.717) is 11.7 Å². The van der Waals surface area contributed by atoms with Crippen LogP contribution >= 0.6 is 0 Å². The summed E-state index contributed by atoms with van der Waals surface area (Å²) in [5.41, 5.74) is 0. The van der Waals surface area contributed by atoms with Crippen LogP contribution in [-0.4, -0.2) is 24.1 Å². The van der Waals surface area contributed by atoms with E-state index in [1.54, 1.807) is 36.7 Å². The monoisotopic (exact) mass is 208 g/mol. The van der Waals surface area contributed by atoms with Crippen molar-refractivity contribution < 1.29 is 21.7 Å². The van der Waals surface area contributed by atoms with Crippen LogP contribution in [0.1, 0.15) is 0 Å². The zero-order chi connectivity index (χ0) is 8.81. The van der Waals surface area contributed by atoms with Gasteiger partial charge < -0.3 is 0 Å². The van der Waals surface area contributed by atoms with Crippen LogP contribution in [0.3, 0.4) is 0 Å². The topological polar surface area (TPSA) is 72.4 Å². The van der Waals surface area contributed by atoms with Crippen molar-refractivity contribution >= 4 is 24.1 Å². The Morgan fingerprint density at radius 2 is 1.23 bits per heavy atom. The molecule has 0 aromatic carbocycles. The van der Waals surface area contributed by atoms with Crippen molar-refractivity contribution in [3.8, 4) is 0 Å². The van der Waals surface area contributed by atoms with Gasteiger partial charge in [0.25, 0.3) is 0 Å². The molecule has 2 heterocycles. The van der Waals surface area contributed by atoms with Gasteiger partial charge in [-0.05, 0) is 24.3 Å². The molecule has 5 heteroatoms. The minimum atomic E-state index is 0. The molecule has 13 heavy (non-hydrogen) atoms. The third kappa shape index (κ3) is 5.17. The maximum Gasteiger partial charge on any atom is 0.144 e. The average Bonchev–Trinajstić information content (AvgIpc) is 2.63. The largest absolute Gasteiger partial charge is 0.283 e. The zero-order valence-corrected chi connectivity index (χ0v) is 8.42. The van der Waals surface area contributed by atoms with Crippen molar-refractivity contribution in [2.75, 3.05) is 0 Å². The fourth-order valence-corrected chi connectivity index (χ4v) is 0.601. The minimum absolute atomic E-state index is 0. The maximum atomic E-state index is 6.76. The Bertz CT molecular complexity index is 252. The van der Waals surface area contributed by atoms with Crippen molar-refractivity contribution in [3.05, 3.63) is 24.3 Å². The van der Waals surface area contributed by atoms with Crippen LogP contribution in [0.25, 0.3) is 0 Å². The summed E-state index contributed by atoms with van der Waals surface area (Å²) in [7, 11) is 0. The van der Waals surface area contributed by atoms with Crippen molar-refractivity contribution in [2.24, 2.45) is 9.98 Å². The van der Waals surface area contributed by atoms with Gasteiger partial charge in [0.2, 0.25) is 0 Å². The normalized spacial score (nSPS) is 15.7. The van der Waals surface area contributed by atoms with Gasteiger partial charge in [0, 0.05) is 34.1 Å². The summed E-state index contributed by atoms with van der Waals surface area (Å²) in [6, 6.07) is 0. The minimum Gasteiger partial charge on any atom is -0.283 e. The van der Waals surface area contributed by atoms with Gasteiger partial charge in [-0.1, -0.05) is 0 Å². The third-order valence-electron chi connectivity index (χ3n) is 1.11. The standard InChI is InChI=1S/2C4H4N2.Ti/c2*5-4-2-1-3-6-4;/h2*1-3,5H;. The van der Waals surface area contributed by atoms with Gasteiger partial charge in [-0.15, -0.1) is 0 Å². The van der Waals surface area contributed by atoms with Gasteiger partial charge in [0.05, 0.1) is 0 Å². The smallest absolute Gasteiger partial charge is 0.144 e. The molecular weight excluding hydrogens is 200 g/mol. The first-order valence-electron chi connectivity index (χ1n) is 3.37. The first-order valence-corrected chi connectivity index (χ1v) is 3.37. The second-order valence-corrected chi connectivity index (χ2v) is 2.05. The molecule has 4 nitrogen and oxygen atoms in total. The molecule has 0 aromatic rings. The van der Waals surface area contributed by atoms with Gasteiger partial charge in [0.1, 0.15) is 11.7 Å². The van der Waals surface area contributed by atoms with Crippen molar-refractivity contribution in [2.45, 2.75) is 0 Å². The molecule has 0 aliphatic carbocycles. The number of hydrogen-bond donors (Lipinski definition) is 2. The Morgan fingerprint density at radius 1 is 0.846 bits per heavy atom. The molecule has 0 saturated carbocycles. The molecule has 2 aliphatic rings. The molecule has 0 fully saturated rings. The van der Waals surface area contributed by atoms with E-state index in [0.717, 1.165) is 0 Å². The number of rotatable bonds is 0. The Kier molecular flexibility index (Phi) is 5.84. The number of nitrogens with zero attached hydrogens (tertiary/aromatic N) is 2. The summed E-state index contributed by atoms with van der Waals surface area (Å²) in [6.07, 6.45) is 9.95. The SMILES string of the molecule is N=C1C=CC=N1.N=C1C=CC=N1.[Ti]. The molecule has 0 aromatic heterocycles. The molecule has 0 saturated heterocycles. The van der Waals surface area contributed by atoms with Crippen LogP contribution in [0, 0.1) is 10.8 Å². The van der Waals surface area contributed by atoms with Gasteiger partial charge in [0.15, 0.2) is 0 Å². The second-order valence-electron chi connectivity index (χ2n) is 2.05. The average molecular weight is 208 g/mol. The molecule has 0 amide bonds. The summed E-state index contributed by atoms with van der Waals surface area (Å²) in [5.74, 6) is 0.685. The van der Waals surface area contributed by atoms with E-state index in [-0.39, 0.29) is 21.7 Å². The summed E-state index contributed by atoms with van der Waals surface area (Å²) in [5, 5.41) is 13.5. The molecule has 0 spiro atoms. The number of nitrogens with one attached hydrogen (secondary N) is 2. The Morgan fingerprint density at radius 3 is 1.31 bits per heavy atom. The van der Waals surface area contributed by atoms with Crippen molar-refractivity contribution in [1.29, 1.82) is 10.8 Å². The van der Waals surface area contributed by atoms with Gasteiger partial charge in [-0.2, -0.15) is 0 Å². The van der Waals surface area contributed by atoms with E-state index < -0.39 is 0 Å². The molecule has 2 N–H and O–H groups in total. The number of aliphatic imine (C=N–C) groups is 2. The molecule has 0 atom stereocenters. The second kappa shape index (κ2) is 6.40. The Labute approximate surface area is 91.1 Å². The fourth-order valence-electron chi connectivity index (χ4n) is 0.601. The quantitative estimate of drug-likeness (QED) is 0.561. The van der Waals surface area contributed by atoms with Crippen LogP contribution < -0.4 is 0 Å². The molecular formula is C8H8N4Ti. The Balaban J connectivity index is 0.000000206. The first kappa shape index (κ1) is 11.9. The molecule has 2 rings (SSSR count). The van der Waals surface area contributed by atoms with E-state index in [1.165, 1.54) is 0 Å². The summed E-state index contributed by atoms with van der Waals surface area (Å²) in [4.78, 5) is 7.17. The van der Waals surface area contributed by atoms with Crippen LogP contribution in [-0.2, 0) is 21.7 Å². The predicted molar refractivity (Wildman–Crippen MR) is 50.7 cm³/mol. The number of amidine groups is 2. The van der Waals surface area contributed by atoms with Gasteiger partial charge >= 0.3 is 0 Å². The fraction of sp³-hybridized carbons (Fsp3) is 0. The molecule has 0 radical (unpaired) electrons. The zero-order valence-electron chi connectivity index (χ0n) is 6.86. The van der Waals surface area contributed by atoms with Gasteiger partial charge in [-0.3, -0.25) is 10.8 Å². The molecule has 0 unspecified atom stereocenters. The predicted octanol–water partition coefficient (Wildman–Crippen LogP) is 1.21. The molecule has 2 aliphatic heterocycles. The summed E-state index contributed by atoms with van der Waals surface area (Å²) < 4.78 is 0. The van der Waals surface area contributed by atoms with E-state index >= 15 is 0 Å². The van der Waals surface area contributed by atoms with Crippen LogP contribution in [0.4, 0.5) is 0 Å². The number of allylic oxidation sites excluding steroid dienone is 2. The van der Waals surface area contributed by atoms with Crippen molar-refractivity contribution in [1.82, 2.24) is 0 Å². The van der Waals surface area contributed by atoms with E-state index in [2.05, 4.69) is 9.98 Å². The molecule has 0 bridgehead atoms. The Hall–Kier alpha value is -1.13.